The molecule has 1 aliphatic rings. The van der Waals surface area contributed by atoms with Crippen molar-refractivity contribution in [2.75, 3.05) is 31.3 Å². The fourth-order valence-corrected chi connectivity index (χ4v) is 2.17. The number of carbonyl (C=O) groups excluding carboxylic acids is 1. The maximum absolute atomic E-state index is 11.0. The molecule has 0 saturated heterocycles. The molecule has 1 saturated carbocycles. The summed E-state index contributed by atoms with van der Waals surface area (Å²) in [6, 6.07) is 5.11. The number of nitrogens with two attached hydrogens (primary N) is 2. The molecule has 0 bridgehead atoms. The Balaban J connectivity index is 1.95. The van der Waals surface area contributed by atoms with E-state index < -0.39 is 5.91 Å². The Morgan fingerprint density at radius 1 is 1.47 bits per heavy atom. The van der Waals surface area contributed by atoms with Gasteiger partial charge in [0.05, 0.1) is 11.4 Å². The highest BCUT2D eigenvalue weighted by atomic mass is 16.5. The van der Waals surface area contributed by atoms with E-state index in [0.29, 0.717) is 16.7 Å². The Kier molecular flexibility index (Phi) is 3.95. The number of benzene rings is 1. The van der Waals surface area contributed by atoms with Crippen LogP contribution in [0.25, 0.3) is 0 Å². The Morgan fingerprint density at radius 3 is 2.74 bits per heavy atom. The SMILES string of the molecule is COCCC1(CNc2ccc(C(N)=O)cc2N)CC1. The number of nitrogens with one attached hydrogen (secondary N) is 1. The fourth-order valence-electron chi connectivity index (χ4n) is 2.17. The molecule has 1 aromatic rings. The molecule has 0 spiro atoms. The van der Waals surface area contributed by atoms with E-state index in [1.54, 1.807) is 19.2 Å². The number of anilines is 2. The molecule has 104 valence electrons. The van der Waals surface area contributed by atoms with Gasteiger partial charge < -0.3 is 21.5 Å². The van der Waals surface area contributed by atoms with E-state index in [1.807, 2.05) is 6.07 Å². The first-order chi connectivity index (χ1) is 9.06. The topological polar surface area (TPSA) is 90.4 Å². The lowest BCUT2D eigenvalue weighted by molar-refractivity contribution is 0.100. The number of nitrogen functional groups attached to an aromatic ring is 1. The van der Waals surface area contributed by atoms with Crippen LogP contribution in [-0.4, -0.2) is 26.2 Å². The number of hydrogen-bond acceptors (Lipinski definition) is 4. The third-order valence-corrected chi connectivity index (χ3v) is 3.78. The van der Waals surface area contributed by atoms with E-state index in [0.717, 1.165) is 25.3 Å². The van der Waals surface area contributed by atoms with Gasteiger partial charge in [0, 0.05) is 25.8 Å². The Labute approximate surface area is 113 Å². The number of amides is 1. The highest BCUT2D eigenvalue weighted by molar-refractivity contribution is 5.94. The summed E-state index contributed by atoms with van der Waals surface area (Å²) in [5.41, 5.74) is 13.3. The zero-order valence-corrected chi connectivity index (χ0v) is 11.2. The van der Waals surface area contributed by atoms with Crippen LogP contribution in [0.15, 0.2) is 18.2 Å². The molecule has 19 heavy (non-hydrogen) atoms. The van der Waals surface area contributed by atoms with E-state index in [2.05, 4.69) is 5.32 Å². The van der Waals surface area contributed by atoms with E-state index in [1.165, 1.54) is 12.8 Å². The molecule has 0 heterocycles. The minimum absolute atomic E-state index is 0.352. The van der Waals surface area contributed by atoms with Crippen LogP contribution in [0.5, 0.6) is 0 Å². The zero-order valence-electron chi connectivity index (χ0n) is 11.2. The molecule has 0 aromatic heterocycles. The van der Waals surface area contributed by atoms with Gasteiger partial charge in [0.2, 0.25) is 5.91 Å². The number of hydrogen-bond donors (Lipinski definition) is 3. The minimum Gasteiger partial charge on any atom is -0.397 e. The predicted octanol–water partition coefficient (Wildman–Crippen LogP) is 1.60. The summed E-state index contributed by atoms with van der Waals surface area (Å²) in [5.74, 6) is -0.461. The van der Waals surface area contributed by atoms with Crippen molar-refractivity contribution in [3.8, 4) is 0 Å². The molecule has 2 rings (SSSR count). The van der Waals surface area contributed by atoms with Crippen molar-refractivity contribution in [2.24, 2.45) is 11.1 Å². The standard InChI is InChI=1S/C14H21N3O2/c1-19-7-6-14(4-5-14)9-17-12-3-2-10(13(16)18)8-11(12)15/h2-3,8,17H,4-7,9,15H2,1H3,(H2,16,18). The van der Waals surface area contributed by atoms with Crippen molar-refractivity contribution in [1.82, 2.24) is 0 Å². The lowest BCUT2D eigenvalue weighted by atomic mass is 10.0. The number of methoxy groups -OCH3 is 1. The Morgan fingerprint density at radius 2 is 2.21 bits per heavy atom. The van der Waals surface area contributed by atoms with Gasteiger partial charge in [-0.2, -0.15) is 0 Å². The van der Waals surface area contributed by atoms with Crippen LogP contribution in [0.2, 0.25) is 0 Å². The van der Waals surface area contributed by atoms with Crippen molar-refractivity contribution >= 4 is 17.3 Å². The molecule has 5 N–H and O–H groups in total. The predicted molar refractivity (Wildman–Crippen MR) is 76.0 cm³/mol. The number of ether oxygens (including phenoxy) is 1. The van der Waals surface area contributed by atoms with Crippen molar-refractivity contribution in [1.29, 1.82) is 0 Å². The largest absolute Gasteiger partial charge is 0.397 e. The summed E-state index contributed by atoms with van der Waals surface area (Å²) in [6.45, 7) is 1.67. The summed E-state index contributed by atoms with van der Waals surface area (Å²) < 4.78 is 5.13. The van der Waals surface area contributed by atoms with Crippen molar-refractivity contribution in [2.45, 2.75) is 19.3 Å². The molecule has 0 unspecified atom stereocenters. The molecule has 5 nitrogen and oxygen atoms in total. The second-order valence-corrected chi connectivity index (χ2v) is 5.26. The van der Waals surface area contributed by atoms with E-state index in [9.17, 15) is 4.79 Å². The molecule has 1 aliphatic carbocycles. The Bertz CT molecular complexity index is 470. The summed E-state index contributed by atoms with van der Waals surface area (Å²) in [6.07, 6.45) is 3.51. The van der Waals surface area contributed by atoms with Gasteiger partial charge >= 0.3 is 0 Å². The average Bonchev–Trinajstić information content (AvgIpc) is 3.15. The van der Waals surface area contributed by atoms with Gasteiger partial charge in [-0.1, -0.05) is 0 Å². The molecule has 1 amide bonds. The maximum Gasteiger partial charge on any atom is 0.248 e. The van der Waals surface area contributed by atoms with E-state index in [-0.39, 0.29) is 0 Å². The fraction of sp³-hybridized carbons (Fsp3) is 0.500. The van der Waals surface area contributed by atoms with Gasteiger partial charge in [-0.05, 0) is 42.9 Å². The lowest BCUT2D eigenvalue weighted by Gasteiger charge is -2.17. The lowest BCUT2D eigenvalue weighted by Crippen LogP contribution is -2.18. The molecule has 0 atom stereocenters. The monoisotopic (exact) mass is 263 g/mol. The van der Waals surface area contributed by atoms with Crippen LogP contribution < -0.4 is 16.8 Å². The second kappa shape index (κ2) is 5.48. The highest BCUT2D eigenvalue weighted by Gasteiger charge is 2.41. The number of rotatable bonds is 7. The van der Waals surface area contributed by atoms with Crippen LogP contribution in [0.1, 0.15) is 29.6 Å². The van der Waals surface area contributed by atoms with Crippen LogP contribution in [0, 0.1) is 5.41 Å². The van der Waals surface area contributed by atoms with Crippen molar-refractivity contribution in [3.05, 3.63) is 23.8 Å². The molecule has 0 aliphatic heterocycles. The Hall–Kier alpha value is -1.75. The van der Waals surface area contributed by atoms with E-state index in [4.69, 9.17) is 16.2 Å². The van der Waals surface area contributed by atoms with Gasteiger partial charge in [-0.3, -0.25) is 4.79 Å². The summed E-state index contributed by atoms with van der Waals surface area (Å²) in [5, 5.41) is 3.36. The third kappa shape index (κ3) is 3.38. The maximum atomic E-state index is 11.0. The molecule has 0 radical (unpaired) electrons. The molecular formula is C14H21N3O2. The average molecular weight is 263 g/mol. The highest BCUT2D eigenvalue weighted by Crippen LogP contribution is 2.48. The molecule has 1 fully saturated rings. The smallest absolute Gasteiger partial charge is 0.248 e. The van der Waals surface area contributed by atoms with Crippen LogP contribution in [0.4, 0.5) is 11.4 Å². The zero-order chi connectivity index (χ0) is 13.9. The molecule has 5 heteroatoms. The first-order valence-electron chi connectivity index (χ1n) is 6.48. The van der Waals surface area contributed by atoms with Crippen LogP contribution >= 0.6 is 0 Å². The second-order valence-electron chi connectivity index (χ2n) is 5.26. The van der Waals surface area contributed by atoms with E-state index >= 15 is 0 Å². The van der Waals surface area contributed by atoms with Gasteiger partial charge in [0.25, 0.3) is 0 Å². The van der Waals surface area contributed by atoms with Gasteiger partial charge in [0.1, 0.15) is 0 Å². The quantitative estimate of drug-likeness (QED) is 0.652. The summed E-state index contributed by atoms with van der Waals surface area (Å²) in [4.78, 5) is 11.0. The molecule has 1 aromatic carbocycles. The number of primary amides is 1. The van der Waals surface area contributed by atoms with Crippen molar-refractivity contribution < 1.29 is 9.53 Å². The minimum atomic E-state index is -0.461. The van der Waals surface area contributed by atoms with Crippen LogP contribution in [0.3, 0.4) is 0 Å². The van der Waals surface area contributed by atoms with Crippen LogP contribution in [-0.2, 0) is 4.74 Å². The normalized spacial score (nSPS) is 16.1. The third-order valence-electron chi connectivity index (χ3n) is 3.78. The van der Waals surface area contributed by atoms with Gasteiger partial charge in [-0.25, -0.2) is 0 Å². The first-order valence-corrected chi connectivity index (χ1v) is 6.48. The summed E-state index contributed by atoms with van der Waals surface area (Å²) in [7, 11) is 1.73. The van der Waals surface area contributed by atoms with Gasteiger partial charge in [-0.15, -0.1) is 0 Å². The van der Waals surface area contributed by atoms with Gasteiger partial charge in [0.15, 0.2) is 0 Å². The first kappa shape index (κ1) is 13.7. The van der Waals surface area contributed by atoms with Crippen molar-refractivity contribution in [3.63, 3.8) is 0 Å². The summed E-state index contributed by atoms with van der Waals surface area (Å²) >= 11 is 0. The molecular weight excluding hydrogens is 242 g/mol. The number of carbonyl (C=O) groups is 1.